The number of aryl methyl sites for hydroxylation is 1. The van der Waals surface area contributed by atoms with Crippen LogP contribution in [-0.4, -0.2) is 0 Å². The van der Waals surface area contributed by atoms with Crippen LogP contribution in [0.4, 0.5) is 25.8 Å². The molecule has 2 rings (SSSR count). The van der Waals surface area contributed by atoms with Gasteiger partial charge < -0.3 is 11.1 Å². The average Bonchev–Trinajstić information content (AvgIpc) is 2.34. The summed E-state index contributed by atoms with van der Waals surface area (Å²) in [6, 6.07) is 7.25. The number of nitrogens with one attached hydrogen (secondary N) is 1. The van der Waals surface area contributed by atoms with Gasteiger partial charge >= 0.3 is 0 Å². The van der Waals surface area contributed by atoms with Crippen LogP contribution >= 0.6 is 11.6 Å². The van der Waals surface area contributed by atoms with E-state index in [1.165, 1.54) is 18.2 Å². The van der Waals surface area contributed by atoms with E-state index < -0.39 is 11.6 Å². The molecule has 0 radical (unpaired) electrons. The molecule has 0 aromatic heterocycles. The third-order valence-corrected chi connectivity index (χ3v) is 2.79. The lowest BCUT2D eigenvalue weighted by molar-refractivity contribution is 0.585. The molecule has 0 aliphatic carbocycles. The van der Waals surface area contributed by atoms with Gasteiger partial charge in [0, 0.05) is 5.02 Å². The molecule has 2 aromatic carbocycles. The minimum atomic E-state index is -0.683. The van der Waals surface area contributed by atoms with Gasteiger partial charge in [0.25, 0.3) is 0 Å². The van der Waals surface area contributed by atoms with E-state index in [2.05, 4.69) is 5.32 Å². The molecule has 0 unspecified atom stereocenters. The van der Waals surface area contributed by atoms with Crippen LogP contribution in [-0.2, 0) is 0 Å². The van der Waals surface area contributed by atoms with Gasteiger partial charge in [-0.2, -0.15) is 0 Å². The van der Waals surface area contributed by atoms with Gasteiger partial charge in [-0.1, -0.05) is 17.7 Å². The van der Waals surface area contributed by atoms with Crippen molar-refractivity contribution in [3.63, 3.8) is 0 Å². The van der Waals surface area contributed by atoms with Gasteiger partial charge in [-0.05, 0) is 36.8 Å². The molecule has 0 atom stereocenters. The molecule has 0 fully saturated rings. The molecule has 2 aromatic rings. The maximum absolute atomic E-state index is 13.8. The Balaban J connectivity index is 2.46. The van der Waals surface area contributed by atoms with Crippen LogP contribution in [0.3, 0.4) is 0 Å². The summed E-state index contributed by atoms with van der Waals surface area (Å²) in [6.45, 7) is 1.56. The number of rotatable bonds is 2. The van der Waals surface area contributed by atoms with E-state index in [9.17, 15) is 8.78 Å². The van der Waals surface area contributed by atoms with Crippen LogP contribution in [0.2, 0.25) is 5.02 Å². The van der Waals surface area contributed by atoms with Crippen molar-refractivity contribution < 1.29 is 8.78 Å². The molecule has 0 spiro atoms. The van der Waals surface area contributed by atoms with E-state index in [0.29, 0.717) is 22.0 Å². The molecule has 0 aliphatic rings. The van der Waals surface area contributed by atoms with E-state index in [1.54, 1.807) is 19.1 Å². The SMILES string of the molecule is Cc1ccc(F)c(Nc2cc(Cl)ccc2N)c1F. The predicted octanol–water partition coefficient (Wildman–Crippen LogP) is 4.25. The molecule has 0 aliphatic heterocycles. The molecule has 0 saturated carbocycles. The van der Waals surface area contributed by atoms with E-state index >= 15 is 0 Å². The van der Waals surface area contributed by atoms with Crippen LogP contribution in [0.5, 0.6) is 0 Å². The van der Waals surface area contributed by atoms with Crippen molar-refractivity contribution >= 4 is 28.7 Å². The third-order valence-electron chi connectivity index (χ3n) is 2.56. The summed E-state index contributed by atoms with van der Waals surface area (Å²) in [5.74, 6) is -1.33. The van der Waals surface area contributed by atoms with Gasteiger partial charge in [-0.25, -0.2) is 8.78 Å². The zero-order valence-electron chi connectivity index (χ0n) is 9.60. The highest BCUT2D eigenvalue weighted by molar-refractivity contribution is 6.31. The van der Waals surface area contributed by atoms with E-state index in [4.69, 9.17) is 17.3 Å². The molecule has 2 nitrogen and oxygen atoms in total. The second-order valence-corrected chi connectivity index (χ2v) is 4.35. The second kappa shape index (κ2) is 4.82. The predicted molar refractivity (Wildman–Crippen MR) is 70.2 cm³/mol. The van der Waals surface area contributed by atoms with Gasteiger partial charge in [0.2, 0.25) is 0 Å². The molecule has 94 valence electrons. The maximum atomic E-state index is 13.8. The zero-order valence-corrected chi connectivity index (χ0v) is 10.4. The summed E-state index contributed by atoms with van der Waals surface area (Å²) < 4.78 is 27.4. The monoisotopic (exact) mass is 268 g/mol. The first-order valence-electron chi connectivity index (χ1n) is 5.25. The van der Waals surface area contributed by atoms with Crippen molar-refractivity contribution in [1.29, 1.82) is 0 Å². The molecule has 0 heterocycles. The molecule has 0 bridgehead atoms. The van der Waals surface area contributed by atoms with Gasteiger partial charge in [-0.15, -0.1) is 0 Å². The maximum Gasteiger partial charge on any atom is 0.152 e. The fraction of sp³-hybridized carbons (Fsp3) is 0.0769. The van der Waals surface area contributed by atoms with E-state index in [1.807, 2.05) is 0 Å². The van der Waals surface area contributed by atoms with Crippen LogP contribution < -0.4 is 11.1 Å². The van der Waals surface area contributed by atoms with Crippen molar-refractivity contribution in [2.24, 2.45) is 0 Å². The number of anilines is 3. The van der Waals surface area contributed by atoms with Crippen molar-refractivity contribution in [1.82, 2.24) is 0 Å². The third kappa shape index (κ3) is 2.38. The Morgan fingerprint density at radius 2 is 1.89 bits per heavy atom. The largest absolute Gasteiger partial charge is 0.397 e. The molecule has 5 heteroatoms. The number of halogens is 3. The quantitative estimate of drug-likeness (QED) is 0.799. The Hall–Kier alpha value is -1.81. The molecule has 3 N–H and O–H groups in total. The Labute approximate surface area is 108 Å². The normalized spacial score (nSPS) is 10.4. The van der Waals surface area contributed by atoms with Crippen molar-refractivity contribution in [3.8, 4) is 0 Å². The van der Waals surface area contributed by atoms with E-state index in [-0.39, 0.29) is 5.69 Å². The number of nitrogen functional groups attached to an aromatic ring is 1. The first-order valence-corrected chi connectivity index (χ1v) is 5.63. The Bertz CT molecular complexity index is 600. The fourth-order valence-electron chi connectivity index (χ4n) is 1.54. The van der Waals surface area contributed by atoms with Gasteiger partial charge in [0.15, 0.2) is 5.82 Å². The Morgan fingerprint density at radius 3 is 2.61 bits per heavy atom. The second-order valence-electron chi connectivity index (χ2n) is 3.91. The van der Waals surface area contributed by atoms with Crippen LogP contribution in [0.15, 0.2) is 30.3 Å². The summed E-state index contributed by atoms with van der Waals surface area (Å²) in [5.41, 5.74) is 6.55. The van der Waals surface area contributed by atoms with Gasteiger partial charge in [-0.3, -0.25) is 0 Å². The van der Waals surface area contributed by atoms with Crippen molar-refractivity contribution in [3.05, 3.63) is 52.6 Å². The highest BCUT2D eigenvalue weighted by Gasteiger charge is 2.12. The first kappa shape index (κ1) is 12.6. The van der Waals surface area contributed by atoms with Gasteiger partial charge in [0.1, 0.15) is 11.5 Å². The summed E-state index contributed by atoms with van der Waals surface area (Å²) in [7, 11) is 0. The molecule has 0 saturated heterocycles. The highest BCUT2D eigenvalue weighted by atomic mass is 35.5. The smallest absolute Gasteiger partial charge is 0.152 e. The number of hydrogen-bond donors (Lipinski definition) is 2. The van der Waals surface area contributed by atoms with Crippen molar-refractivity contribution in [2.75, 3.05) is 11.1 Å². The number of nitrogens with two attached hydrogens (primary N) is 1. The molecular formula is C13H11ClF2N2. The Kier molecular flexibility index (Phi) is 3.39. The minimum Gasteiger partial charge on any atom is -0.397 e. The molecular weight excluding hydrogens is 258 g/mol. The summed E-state index contributed by atoms with van der Waals surface area (Å²) in [5, 5.41) is 3.06. The number of benzene rings is 2. The van der Waals surface area contributed by atoms with E-state index in [0.717, 1.165) is 0 Å². The average molecular weight is 269 g/mol. The van der Waals surface area contributed by atoms with Gasteiger partial charge in [0.05, 0.1) is 11.4 Å². The molecule has 18 heavy (non-hydrogen) atoms. The zero-order chi connectivity index (χ0) is 13.3. The first-order chi connectivity index (χ1) is 8.49. The Morgan fingerprint density at radius 1 is 1.17 bits per heavy atom. The van der Waals surface area contributed by atoms with Crippen LogP contribution in [0.25, 0.3) is 0 Å². The summed E-state index contributed by atoms with van der Waals surface area (Å²) >= 11 is 5.81. The fourth-order valence-corrected chi connectivity index (χ4v) is 1.71. The summed E-state index contributed by atoms with van der Waals surface area (Å²) in [6.07, 6.45) is 0. The topological polar surface area (TPSA) is 38.0 Å². The lowest BCUT2D eigenvalue weighted by Gasteiger charge is -2.12. The highest BCUT2D eigenvalue weighted by Crippen LogP contribution is 2.30. The number of hydrogen-bond acceptors (Lipinski definition) is 2. The standard InChI is InChI=1S/C13H11ClF2N2/c1-7-2-4-9(15)13(12(7)16)18-11-6-8(14)3-5-10(11)17/h2-6,18H,17H2,1H3. The van der Waals surface area contributed by atoms with Crippen molar-refractivity contribution in [2.45, 2.75) is 6.92 Å². The lowest BCUT2D eigenvalue weighted by Crippen LogP contribution is -2.02. The summed E-state index contributed by atoms with van der Waals surface area (Å²) in [4.78, 5) is 0. The molecule has 0 amide bonds. The van der Waals surface area contributed by atoms with Crippen LogP contribution in [0.1, 0.15) is 5.56 Å². The lowest BCUT2D eigenvalue weighted by atomic mass is 10.2. The minimum absolute atomic E-state index is 0.232. The van der Waals surface area contributed by atoms with Crippen LogP contribution in [0, 0.1) is 18.6 Å².